The predicted molar refractivity (Wildman–Crippen MR) is 91.3 cm³/mol. The van der Waals surface area contributed by atoms with E-state index in [2.05, 4.69) is 5.32 Å². The first-order valence-corrected chi connectivity index (χ1v) is 7.85. The Morgan fingerprint density at radius 1 is 1.28 bits per heavy atom. The van der Waals surface area contributed by atoms with Gasteiger partial charge in [0.2, 0.25) is 0 Å². The fraction of sp³-hybridized carbons (Fsp3) is 0.176. The summed E-state index contributed by atoms with van der Waals surface area (Å²) < 4.78 is 5.51. The van der Waals surface area contributed by atoms with E-state index in [0.29, 0.717) is 24.2 Å². The Morgan fingerprint density at radius 3 is 2.84 bits per heavy atom. The minimum atomic E-state index is -0.626. The molecule has 0 saturated heterocycles. The number of nitro groups is 1. The lowest BCUT2D eigenvalue weighted by Crippen LogP contribution is -2.20. The van der Waals surface area contributed by atoms with Gasteiger partial charge in [-0.3, -0.25) is 19.7 Å². The number of carbonyl (C=O) groups excluding carboxylic acids is 2. The van der Waals surface area contributed by atoms with E-state index < -0.39 is 10.8 Å². The van der Waals surface area contributed by atoms with Crippen LogP contribution in [0.25, 0.3) is 0 Å². The van der Waals surface area contributed by atoms with Crippen LogP contribution in [0.4, 0.5) is 11.4 Å². The summed E-state index contributed by atoms with van der Waals surface area (Å²) in [5.41, 5.74) is 1.40. The molecule has 2 aromatic carbocycles. The Labute approximate surface area is 147 Å². The Hall–Kier alpha value is -2.93. The van der Waals surface area contributed by atoms with Crippen LogP contribution in [0.3, 0.4) is 0 Å². The molecule has 0 aliphatic heterocycles. The molecule has 0 aromatic heterocycles. The topological polar surface area (TPSA) is 98.5 Å². The number of nitro benzene ring substituents is 1. The van der Waals surface area contributed by atoms with Crippen molar-refractivity contribution in [2.45, 2.75) is 12.8 Å². The van der Waals surface area contributed by atoms with Crippen LogP contribution in [0.5, 0.6) is 5.75 Å². The van der Waals surface area contributed by atoms with Crippen LogP contribution in [-0.4, -0.2) is 23.2 Å². The van der Waals surface area contributed by atoms with E-state index in [4.69, 9.17) is 16.3 Å². The molecular formula is C17H13ClN2O5. The fourth-order valence-corrected chi connectivity index (χ4v) is 2.85. The zero-order valence-electron chi connectivity index (χ0n) is 13.0. The smallest absolute Gasteiger partial charge is 0.289 e. The largest absolute Gasteiger partial charge is 0.483 e. The lowest BCUT2D eigenvalue weighted by atomic mass is 10.1. The van der Waals surface area contributed by atoms with Crippen molar-refractivity contribution in [3.63, 3.8) is 0 Å². The number of amides is 1. The first-order chi connectivity index (χ1) is 12.0. The normalized spacial score (nSPS) is 12.6. The molecule has 3 rings (SSSR count). The minimum absolute atomic E-state index is 0.0104. The van der Waals surface area contributed by atoms with Gasteiger partial charge in [-0.05, 0) is 24.6 Å². The monoisotopic (exact) mass is 360 g/mol. The molecule has 0 heterocycles. The number of ether oxygens (including phenoxy) is 1. The van der Waals surface area contributed by atoms with Gasteiger partial charge in [0.25, 0.3) is 11.6 Å². The molecular weight excluding hydrogens is 348 g/mol. The lowest BCUT2D eigenvalue weighted by Gasteiger charge is -2.10. The molecule has 1 N–H and O–H groups in total. The molecule has 8 heteroatoms. The van der Waals surface area contributed by atoms with Gasteiger partial charge < -0.3 is 10.1 Å². The van der Waals surface area contributed by atoms with Gasteiger partial charge in [-0.25, -0.2) is 0 Å². The van der Waals surface area contributed by atoms with Crippen molar-refractivity contribution in [1.82, 2.24) is 0 Å². The van der Waals surface area contributed by atoms with Crippen molar-refractivity contribution in [2.24, 2.45) is 0 Å². The zero-order chi connectivity index (χ0) is 18.0. The molecule has 0 atom stereocenters. The quantitative estimate of drug-likeness (QED) is 0.650. The second kappa shape index (κ2) is 6.90. The highest BCUT2D eigenvalue weighted by atomic mass is 35.5. The number of rotatable bonds is 5. The number of hydrogen-bond acceptors (Lipinski definition) is 5. The van der Waals surface area contributed by atoms with E-state index in [-0.39, 0.29) is 28.8 Å². The van der Waals surface area contributed by atoms with E-state index in [1.165, 1.54) is 18.2 Å². The summed E-state index contributed by atoms with van der Waals surface area (Å²) in [5.74, 6) is 0.0949. The number of anilines is 1. The molecule has 128 valence electrons. The third-order valence-electron chi connectivity index (χ3n) is 3.82. The van der Waals surface area contributed by atoms with Crippen LogP contribution in [0.1, 0.15) is 22.3 Å². The number of carbonyl (C=O) groups is 2. The number of benzene rings is 2. The van der Waals surface area contributed by atoms with Crippen molar-refractivity contribution in [2.75, 3.05) is 11.9 Å². The summed E-state index contributed by atoms with van der Waals surface area (Å²) in [4.78, 5) is 34.0. The van der Waals surface area contributed by atoms with Crippen LogP contribution in [-0.2, 0) is 11.2 Å². The number of fused-ring (bicyclic) bond motifs is 1. The highest BCUT2D eigenvalue weighted by Crippen LogP contribution is 2.30. The summed E-state index contributed by atoms with van der Waals surface area (Å²) >= 11 is 5.73. The SMILES string of the molecule is O=C(COc1cccc2c1CCC2=O)Nc1ccc(Cl)c([N+](=O)[O-])c1. The highest BCUT2D eigenvalue weighted by Gasteiger charge is 2.23. The second-order valence-electron chi connectivity index (χ2n) is 5.47. The summed E-state index contributed by atoms with van der Waals surface area (Å²) in [5, 5.41) is 13.4. The van der Waals surface area contributed by atoms with Gasteiger partial charge in [0, 0.05) is 29.3 Å². The van der Waals surface area contributed by atoms with Crippen molar-refractivity contribution in [3.8, 4) is 5.75 Å². The lowest BCUT2D eigenvalue weighted by molar-refractivity contribution is -0.384. The van der Waals surface area contributed by atoms with Gasteiger partial charge in [-0.2, -0.15) is 0 Å². The maximum absolute atomic E-state index is 12.0. The van der Waals surface area contributed by atoms with Crippen molar-refractivity contribution < 1.29 is 19.2 Å². The Bertz CT molecular complexity index is 881. The Kier molecular flexibility index (Phi) is 4.67. The summed E-state index contributed by atoms with van der Waals surface area (Å²) in [7, 11) is 0. The maximum atomic E-state index is 12.0. The molecule has 0 fully saturated rings. The van der Waals surface area contributed by atoms with Crippen LogP contribution >= 0.6 is 11.6 Å². The number of nitrogens with one attached hydrogen (secondary N) is 1. The molecule has 1 aliphatic rings. The first kappa shape index (κ1) is 16.9. The Morgan fingerprint density at radius 2 is 2.08 bits per heavy atom. The summed E-state index contributed by atoms with van der Waals surface area (Å²) in [6.07, 6.45) is 1.03. The third kappa shape index (κ3) is 3.61. The molecule has 0 bridgehead atoms. The van der Waals surface area contributed by atoms with E-state index in [9.17, 15) is 19.7 Å². The third-order valence-corrected chi connectivity index (χ3v) is 4.14. The van der Waals surface area contributed by atoms with Gasteiger partial charge in [-0.15, -0.1) is 0 Å². The average molecular weight is 361 g/mol. The minimum Gasteiger partial charge on any atom is -0.483 e. The van der Waals surface area contributed by atoms with Crippen molar-refractivity contribution in [3.05, 3.63) is 62.7 Å². The Balaban J connectivity index is 1.66. The van der Waals surface area contributed by atoms with Crippen LogP contribution in [0.2, 0.25) is 5.02 Å². The molecule has 0 unspecified atom stereocenters. The maximum Gasteiger partial charge on any atom is 0.289 e. The van der Waals surface area contributed by atoms with Gasteiger partial charge in [0.15, 0.2) is 12.4 Å². The predicted octanol–water partition coefficient (Wildman–Crippen LogP) is 3.39. The molecule has 25 heavy (non-hydrogen) atoms. The molecule has 0 spiro atoms. The molecule has 7 nitrogen and oxygen atoms in total. The zero-order valence-corrected chi connectivity index (χ0v) is 13.7. The van der Waals surface area contributed by atoms with Gasteiger partial charge in [-0.1, -0.05) is 23.7 Å². The van der Waals surface area contributed by atoms with E-state index in [0.717, 1.165) is 5.56 Å². The number of nitrogens with zero attached hydrogens (tertiary/aromatic N) is 1. The standard InChI is InChI=1S/C17H13ClN2O5/c18-13-6-4-10(8-14(13)20(23)24)19-17(22)9-25-16-3-1-2-11-12(16)5-7-15(11)21/h1-4,6,8H,5,7,9H2,(H,19,22). The number of ketones is 1. The van der Waals surface area contributed by atoms with Crippen LogP contribution < -0.4 is 10.1 Å². The van der Waals surface area contributed by atoms with Gasteiger partial charge in [0.1, 0.15) is 10.8 Å². The van der Waals surface area contributed by atoms with Crippen molar-refractivity contribution >= 4 is 34.7 Å². The van der Waals surface area contributed by atoms with Crippen LogP contribution in [0.15, 0.2) is 36.4 Å². The number of hydrogen-bond donors (Lipinski definition) is 1. The van der Waals surface area contributed by atoms with Gasteiger partial charge >= 0.3 is 0 Å². The second-order valence-corrected chi connectivity index (χ2v) is 5.87. The van der Waals surface area contributed by atoms with Crippen LogP contribution in [0, 0.1) is 10.1 Å². The first-order valence-electron chi connectivity index (χ1n) is 7.47. The number of Topliss-reactive ketones (excluding diaryl/α,β-unsaturated/α-hetero) is 1. The highest BCUT2D eigenvalue weighted by molar-refractivity contribution is 6.32. The van der Waals surface area contributed by atoms with E-state index in [1.807, 2.05) is 0 Å². The summed E-state index contributed by atoms with van der Waals surface area (Å²) in [6.45, 7) is -0.277. The van der Waals surface area contributed by atoms with E-state index in [1.54, 1.807) is 18.2 Å². The molecule has 2 aromatic rings. The molecule has 1 amide bonds. The van der Waals surface area contributed by atoms with Gasteiger partial charge in [0.05, 0.1) is 4.92 Å². The molecule has 0 saturated carbocycles. The van der Waals surface area contributed by atoms with Crippen molar-refractivity contribution in [1.29, 1.82) is 0 Å². The fourth-order valence-electron chi connectivity index (χ4n) is 2.66. The molecule has 0 radical (unpaired) electrons. The number of halogens is 1. The molecule has 1 aliphatic carbocycles. The van der Waals surface area contributed by atoms with E-state index >= 15 is 0 Å². The average Bonchev–Trinajstić information content (AvgIpc) is 2.96. The summed E-state index contributed by atoms with van der Waals surface area (Å²) in [6, 6.07) is 9.14.